The third-order valence-electron chi connectivity index (χ3n) is 9.84. The highest BCUT2D eigenvalue weighted by atomic mass is 16.3. The molecular weight excluding hydrogens is 590 g/mol. The first-order valence-electron chi connectivity index (χ1n) is 17.0. The van der Waals surface area contributed by atoms with Crippen molar-refractivity contribution in [1.29, 1.82) is 0 Å². The Kier molecular flexibility index (Phi) is 9.46. The summed E-state index contributed by atoms with van der Waals surface area (Å²) in [5.74, 6) is 1.24. The zero-order chi connectivity index (χ0) is 32.2. The molecule has 7 rings (SSSR count). The lowest BCUT2D eigenvalue weighted by Crippen LogP contribution is -2.34. The third kappa shape index (κ3) is 6.74. The normalized spacial score (nSPS) is 21.9. The molecule has 0 unspecified atom stereocenters. The second-order valence-corrected chi connectivity index (χ2v) is 12.8. The molecule has 4 heterocycles. The molecule has 4 N–H and O–H groups in total. The molecule has 1 saturated carbocycles. The number of nitrogens with zero attached hydrogens (tertiary/aromatic N) is 7. The first kappa shape index (κ1) is 31.3. The number of aliphatic hydroxyl groups excluding tert-OH is 2. The number of fused-ring (bicyclic) bond motifs is 1. The highest BCUT2D eigenvalue weighted by molar-refractivity contribution is 5.84. The predicted octanol–water partition coefficient (Wildman–Crippen LogP) is 4.63. The standard InChI is InChI=1S/C36H45N9O2/c1-2-25-21-40-45(23-25)30-20-29(32(46)33(30)47)44-24-39-31-34(41-36(42-35(31)44)37-16-19-43-17-10-5-11-18-43)38-22-28(26-12-6-3-7-13-26)27-14-8-4-9-15-27/h3-4,6-9,12-15,21,23-24,28-30,32-33,46-47H,2,5,10-11,16-20,22H2,1H3,(H2,37,38,41,42)/t29-,30+,32+,33-/m1/s1. The van der Waals surface area contributed by atoms with Crippen molar-refractivity contribution in [3.8, 4) is 0 Å². The van der Waals surface area contributed by atoms with Crippen LogP contribution >= 0.6 is 0 Å². The first-order chi connectivity index (χ1) is 23.1. The molecule has 1 aliphatic heterocycles. The molecule has 1 saturated heterocycles. The number of benzene rings is 2. The fraction of sp³-hybridized carbons (Fsp3) is 0.444. The van der Waals surface area contributed by atoms with Crippen molar-refractivity contribution in [1.82, 2.24) is 34.2 Å². The number of aromatic nitrogens is 6. The Hall–Kier alpha value is -4.32. The Morgan fingerprint density at radius 3 is 2.26 bits per heavy atom. The highest BCUT2D eigenvalue weighted by Crippen LogP contribution is 2.40. The molecule has 3 aromatic heterocycles. The van der Waals surface area contributed by atoms with Gasteiger partial charge in [0.1, 0.15) is 12.2 Å². The molecule has 246 valence electrons. The summed E-state index contributed by atoms with van der Waals surface area (Å²) in [6.45, 7) is 6.58. The number of piperidine rings is 1. The monoisotopic (exact) mass is 635 g/mol. The molecule has 4 atom stereocenters. The van der Waals surface area contributed by atoms with Gasteiger partial charge in [-0.2, -0.15) is 15.1 Å². The van der Waals surface area contributed by atoms with E-state index in [1.54, 1.807) is 11.0 Å². The quantitative estimate of drug-likeness (QED) is 0.155. The first-order valence-corrected chi connectivity index (χ1v) is 17.0. The SMILES string of the molecule is CCc1cnn([C@H]2C[C@@H](n3cnc4c(NCC(c5ccccc5)c5ccccc5)nc(NCCN5CCCCC5)nc43)[C@H](O)[C@@H]2O)c1. The molecule has 47 heavy (non-hydrogen) atoms. The number of aryl methyl sites for hydroxylation is 1. The molecule has 0 amide bonds. The summed E-state index contributed by atoms with van der Waals surface area (Å²) < 4.78 is 3.69. The van der Waals surface area contributed by atoms with E-state index in [4.69, 9.17) is 15.0 Å². The number of aliphatic hydroxyl groups is 2. The van der Waals surface area contributed by atoms with E-state index in [2.05, 4.69) is 76.1 Å². The summed E-state index contributed by atoms with van der Waals surface area (Å²) in [4.78, 5) is 17.1. The summed E-state index contributed by atoms with van der Waals surface area (Å²) in [5.41, 5.74) is 4.76. The fourth-order valence-corrected chi connectivity index (χ4v) is 7.13. The second-order valence-electron chi connectivity index (χ2n) is 12.8. The molecule has 5 aromatic rings. The van der Waals surface area contributed by atoms with Crippen LogP contribution in [0.25, 0.3) is 11.2 Å². The zero-order valence-electron chi connectivity index (χ0n) is 27.0. The number of nitrogens with one attached hydrogen (secondary N) is 2. The van der Waals surface area contributed by atoms with Crippen LogP contribution in [0, 0.1) is 0 Å². The Morgan fingerprint density at radius 2 is 1.57 bits per heavy atom. The topological polar surface area (TPSA) is 129 Å². The maximum Gasteiger partial charge on any atom is 0.226 e. The van der Waals surface area contributed by atoms with E-state index in [1.165, 1.54) is 30.4 Å². The lowest BCUT2D eigenvalue weighted by molar-refractivity contribution is 0.00721. The molecule has 2 aliphatic rings. The van der Waals surface area contributed by atoms with E-state index >= 15 is 0 Å². The minimum atomic E-state index is -1.01. The summed E-state index contributed by atoms with van der Waals surface area (Å²) in [6.07, 6.45) is 8.67. The van der Waals surface area contributed by atoms with Gasteiger partial charge < -0.3 is 30.3 Å². The van der Waals surface area contributed by atoms with Crippen LogP contribution in [-0.2, 0) is 6.42 Å². The molecule has 0 radical (unpaired) electrons. The van der Waals surface area contributed by atoms with Gasteiger partial charge in [-0.1, -0.05) is 74.0 Å². The van der Waals surface area contributed by atoms with Crippen LogP contribution in [0.5, 0.6) is 0 Å². The molecule has 11 nitrogen and oxygen atoms in total. The summed E-state index contributed by atoms with van der Waals surface area (Å²) in [6, 6.07) is 20.2. The van der Waals surface area contributed by atoms with Gasteiger partial charge in [0, 0.05) is 31.7 Å². The lowest BCUT2D eigenvalue weighted by Gasteiger charge is -2.26. The number of hydrogen-bond acceptors (Lipinski definition) is 9. The average molecular weight is 636 g/mol. The minimum absolute atomic E-state index is 0.0923. The largest absolute Gasteiger partial charge is 0.388 e. The van der Waals surface area contributed by atoms with Gasteiger partial charge in [-0.3, -0.25) is 4.68 Å². The Balaban J connectivity index is 1.19. The van der Waals surface area contributed by atoms with Crippen molar-refractivity contribution in [3.63, 3.8) is 0 Å². The van der Waals surface area contributed by atoms with Crippen LogP contribution in [-0.4, -0.2) is 89.3 Å². The van der Waals surface area contributed by atoms with Crippen LogP contribution in [0.1, 0.15) is 67.3 Å². The van der Waals surface area contributed by atoms with E-state index in [1.807, 2.05) is 29.1 Å². The van der Waals surface area contributed by atoms with E-state index in [9.17, 15) is 10.2 Å². The average Bonchev–Trinajstić information content (AvgIpc) is 3.84. The van der Waals surface area contributed by atoms with Gasteiger partial charge in [-0.05, 0) is 55.5 Å². The smallest absolute Gasteiger partial charge is 0.226 e. The van der Waals surface area contributed by atoms with Crippen LogP contribution in [0.4, 0.5) is 11.8 Å². The maximum atomic E-state index is 11.3. The fourth-order valence-electron chi connectivity index (χ4n) is 7.13. The van der Waals surface area contributed by atoms with Crippen LogP contribution in [0.2, 0.25) is 0 Å². The van der Waals surface area contributed by atoms with Gasteiger partial charge in [0.25, 0.3) is 0 Å². The minimum Gasteiger partial charge on any atom is -0.388 e. The number of hydrogen-bond donors (Lipinski definition) is 4. The van der Waals surface area contributed by atoms with E-state index in [0.717, 1.165) is 38.2 Å². The van der Waals surface area contributed by atoms with Gasteiger partial charge in [-0.25, -0.2) is 4.98 Å². The molecular formula is C36H45N9O2. The van der Waals surface area contributed by atoms with E-state index < -0.39 is 18.2 Å². The van der Waals surface area contributed by atoms with Gasteiger partial charge in [-0.15, -0.1) is 0 Å². The van der Waals surface area contributed by atoms with Crippen molar-refractivity contribution in [3.05, 3.63) is 96.1 Å². The van der Waals surface area contributed by atoms with Crippen molar-refractivity contribution >= 4 is 22.9 Å². The van der Waals surface area contributed by atoms with Crippen molar-refractivity contribution in [2.45, 2.75) is 69.2 Å². The summed E-state index contributed by atoms with van der Waals surface area (Å²) in [5, 5.41) is 34.1. The van der Waals surface area contributed by atoms with Crippen molar-refractivity contribution in [2.75, 3.05) is 43.4 Å². The number of likely N-dealkylation sites (tertiary alicyclic amines) is 1. The van der Waals surface area contributed by atoms with Crippen molar-refractivity contribution in [2.24, 2.45) is 0 Å². The van der Waals surface area contributed by atoms with Crippen molar-refractivity contribution < 1.29 is 10.2 Å². The number of imidazole rings is 1. The zero-order valence-corrected chi connectivity index (χ0v) is 27.0. The lowest BCUT2D eigenvalue weighted by atomic mass is 9.91. The second kappa shape index (κ2) is 14.2. The number of anilines is 2. The van der Waals surface area contributed by atoms with Gasteiger partial charge in [0.05, 0.1) is 24.6 Å². The Morgan fingerprint density at radius 1 is 0.872 bits per heavy atom. The van der Waals surface area contributed by atoms with E-state index in [-0.39, 0.29) is 12.0 Å². The Bertz CT molecular complexity index is 1700. The molecule has 0 bridgehead atoms. The van der Waals surface area contributed by atoms with Crippen LogP contribution in [0.3, 0.4) is 0 Å². The highest BCUT2D eigenvalue weighted by Gasteiger charge is 2.44. The predicted molar refractivity (Wildman–Crippen MR) is 184 cm³/mol. The molecule has 2 aromatic carbocycles. The van der Waals surface area contributed by atoms with Crippen LogP contribution in [0.15, 0.2) is 79.4 Å². The molecule has 2 fully saturated rings. The summed E-state index contributed by atoms with van der Waals surface area (Å²) in [7, 11) is 0. The maximum absolute atomic E-state index is 11.3. The number of rotatable bonds is 12. The van der Waals surface area contributed by atoms with Crippen LogP contribution < -0.4 is 10.6 Å². The van der Waals surface area contributed by atoms with Gasteiger partial charge >= 0.3 is 0 Å². The third-order valence-corrected chi connectivity index (χ3v) is 9.84. The summed E-state index contributed by atoms with van der Waals surface area (Å²) >= 11 is 0. The molecule has 0 spiro atoms. The Labute approximate surface area is 275 Å². The van der Waals surface area contributed by atoms with E-state index in [0.29, 0.717) is 35.9 Å². The molecule has 11 heteroatoms. The van der Waals surface area contributed by atoms with Gasteiger partial charge in [0.2, 0.25) is 5.95 Å². The van der Waals surface area contributed by atoms with Gasteiger partial charge in [0.15, 0.2) is 17.0 Å². The molecule has 1 aliphatic carbocycles.